The van der Waals surface area contributed by atoms with Crippen molar-refractivity contribution < 1.29 is 4.79 Å². The first-order chi connectivity index (χ1) is 8.75. The molecule has 0 aromatic carbocycles. The third kappa shape index (κ3) is 4.25. The molecular weight excluding hydrogens is 226 g/mol. The van der Waals surface area contributed by atoms with Gasteiger partial charge < -0.3 is 10.2 Å². The zero-order valence-corrected chi connectivity index (χ0v) is 11.7. The third-order valence-electron chi connectivity index (χ3n) is 4.02. The molecule has 4 nitrogen and oxygen atoms in total. The van der Waals surface area contributed by atoms with Crippen LogP contribution in [0.3, 0.4) is 0 Å². The summed E-state index contributed by atoms with van der Waals surface area (Å²) in [6, 6.07) is 0.513. The van der Waals surface area contributed by atoms with Gasteiger partial charge in [0.05, 0.1) is 6.54 Å². The van der Waals surface area contributed by atoms with Crippen LogP contribution in [-0.4, -0.2) is 61.0 Å². The summed E-state index contributed by atoms with van der Waals surface area (Å²) in [4.78, 5) is 16.7. The van der Waals surface area contributed by atoms with Crippen molar-refractivity contribution in [1.82, 2.24) is 15.1 Å². The lowest BCUT2D eigenvalue weighted by atomic mass is 10.1. The van der Waals surface area contributed by atoms with Crippen molar-refractivity contribution in [3.63, 3.8) is 0 Å². The van der Waals surface area contributed by atoms with Gasteiger partial charge in [-0.3, -0.25) is 9.69 Å². The van der Waals surface area contributed by atoms with Crippen molar-refractivity contribution >= 4 is 5.91 Å². The lowest BCUT2D eigenvalue weighted by Crippen LogP contribution is -2.52. The molecule has 4 heteroatoms. The van der Waals surface area contributed by atoms with E-state index in [0.717, 1.165) is 32.7 Å². The molecule has 2 heterocycles. The number of carbonyl (C=O) groups excluding carboxylic acids is 1. The molecular formula is C14H27N3O. The van der Waals surface area contributed by atoms with Gasteiger partial charge in [-0.1, -0.05) is 19.3 Å². The monoisotopic (exact) mass is 253 g/mol. The molecule has 0 bridgehead atoms. The van der Waals surface area contributed by atoms with Crippen LogP contribution in [-0.2, 0) is 4.79 Å². The van der Waals surface area contributed by atoms with Crippen LogP contribution in [0.25, 0.3) is 0 Å². The molecule has 0 unspecified atom stereocenters. The number of rotatable bonds is 2. The maximum absolute atomic E-state index is 12.3. The molecule has 0 aromatic heterocycles. The molecule has 0 saturated carbocycles. The van der Waals surface area contributed by atoms with Crippen LogP contribution in [0.1, 0.15) is 39.0 Å². The topological polar surface area (TPSA) is 35.6 Å². The van der Waals surface area contributed by atoms with E-state index in [9.17, 15) is 4.79 Å². The second-order valence-electron chi connectivity index (χ2n) is 5.74. The minimum absolute atomic E-state index is 0.339. The minimum Gasteiger partial charge on any atom is -0.342 e. The van der Waals surface area contributed by atoms with E-state index < -0.39 is 0 Å². The van der Waals surface area contributed by atoms with Crippen molar-refractivity contribution in [2.24, 2.45) is 0 Å². The Morgan fingerprint density at radius 1 is 1.11 bits per heavy atom. The second kappa shape index (κ2) is 7.10. The van der Waals surface area contributed by atoms with Gasteiger partial charge >= 0.3 is 0 Å². The number of likely N-dealkylation sites (tertiary alicyclic amines) is 1. The number of amides is 1. The Hall–Kier alpha value is -0.610. The molecule has 2 saturated heterocycles. The van der Waals surface area contributed by atoms with Gasteiger partial charge in [0.25, 0.3) is 0 Å². The summed E-state index contributed by atoms with van der Waals surface area (Å²) < 4.78 is 0. The van der Waals surface area contributed by atoms with Crippen LogP contribution in [0.15, 0.2) is 0 Å². The Labute approximate surface area is 111 Å². The highest BCUT2D eigenvalue weighted by Crippen LogP contribution is 2.11. The first-order valence-electron chi connectivity index (χ1n) is 7.49. The van der Waals surface area contributed by atoms with Crippen molar-refractivity contribution in [2.45, 2.75) is 45.1 Å². The van der Waals surface area contributed by atoms with Gasteiger partial charge in [-0.05, 0) is 19.8 Å². The van der Waals surface area contributed by atoms with Crippen LogP contribution in [0.2, 0.25) is 0 Å². The quantitative estimate of drug-likeness (QED) is 0.800. The molecule has 2 fully saturated rings. The van der Waals surface area contributed by atoms with Crippen molar-refractivity contribution in [2.75, 3.05) is 39.3 Å². The second-order valence-corrected chi connectivity index (χ2v) is 5.74. The molecule has 2 aliphatic heterocycles. The molecule has 2 aliphatic rings. The van der Waals surface area contributed by atoms with E-state index in [0.29, 0.717) is 18.5 Å². The summed E-state index contributed by atoms with van der Waals surface area (Å²) in [5, 5.41) is 3.42. The van der Waals surface area contributed by atoms with Crippen molar-refractivity contribution in [3.8, 4) is 0 Å². The van der Waals surface area contributed by atoms with Crippen LogP contribution in [0.4, 0.5) is 0 Å². The fourth-order valence-electron chi connectivity index (χ4n) is 2.94. The maximum atomic E-state index is 12.3. The van der Waals surface area contributed by atoms with Gasteiger partial charge in [-0.2, -0.15) is 0 Å². The molecule has 2 rings (SSSR count). The lowest BCUT2D eigenvalue weighted by molar-refractivity contribution is -0.133. The number of carbonyl (C=O) groups is 1. The molecule has 104 valence electrons. The Kier molecular flexibility index (Phi) is 5.45. The Morgan fingerprint density at radius 2 is 1.78 bits per heavy atom. The molecule has 0 aromatic rings. The van der Waals surface area contributed by atoms with Gasteiger partial charge in [0.15, 0.2) is 0 Å². The van der Waals surface area contributed by atoms with E-state index in [1.165, 1.54) is 32.1 Å². The molecule has 0 radical (unpaired) electrons. The summed E-state index contributed by atoms with van der Waals surface area (Å²) >= 11 is 0. The number of hydrogen-bond donors (Lipinski definition) is 1. The zero-order valence-electron chi connectivity index (χ0n) is 11.7. The van der Waals surface area contributed by atoms with Crippen molar-refractivity contribution in [3.05, 3.63) is 0 Å². The molecule has 1 amide bonds. The van der Waals surface area contributed by atoms with E-state index in [4.69, 9.17) is 0 Å². The van der Waals surface area contributed by atoms with Crippen LogP contribution < -0.4 is 5.32 Å². The van der Waals surface area contributed by atoms with Gasteiger partial charge in [0.1, 0.15) is 0 Å². The van der Waals surface area contributed by atoms with Crippen LogP contribution in [0.5, 0.6) is 0 Å². The number of hydrogen-bond acceptors (Lipinski definition) is 3. The Morgan fingerprint density at radius 3 is 2.44 bits per heavy atom. The highest BCUT2D eigenvalue weighted by atomic mass is 16.2. The standard InChI is InChI=1S/C14H27N3O/c1-13-11-16(10-7-15-13)12-14(18)17-8-5-3-2-4-6-9-17/h13,15H,2-12H2,1H3/t13-/m0/s1. The summed E-state index contributed by atoms with van der Waals surface area (Å²) in [6.45, 7) is 7.76. The SMILES string of the molecule is C[C@H]1CN(CC(=O)N2CCCCCCC2)CCN1. The highest BCUT2D eigenvalue weighted by molar-refractivity contribution is 5.78. The first-order valence-corrected chi connectivity index (χ1v) is 7.49. The van der Waals surface area contributed by atoms with Gasteiger partial charge in [0, 0.05) is 38.8 Å². The van der Waals surface area contributed by atoms with E-state index in [1.54, 1.807) is 0 Å². The summed E-state index contributed by atoms with van der Waals surface area (Å²) in [6.07, 6.45) is 6.29. The number of piperazine rings is 1. The predicted molar refractivity (Wildman–Crippen MR) is 73.6 cm³/mol. The normalized spacial score (nSPS) is 27.6. The van der Waals surface area contributed by atoms with E-state index >= 15 is 0 Å². The Balaban J connectivity index is 1.78. The number of nitrogens with one attached hydrogen (secondary N) is 1. The van der Waals surface area contributed by atoms with E-state index in [1.807, 2.05) is 0 Å². The smallest absolute Gasteiger partial charge is 0.236 e. The van der Waals surface area contributed by atoms with E-state index in [-0.39, 0.29) is 0 Å². The Bertz CT molecular complexity index is 262. The zero-order chi connectivity index (χ0) is 12.8. The minimum atomic E-state index is 0.339. The van der Waals surface area contributed by atoms with Crippen LogP contribution in [0, 0.1) is 0 Å². The highest BCUT2D eigenvalue weighted by Gasteiger charge is 2.21. The summed E-state index contributed by atoms with van der Waals surface area (Å²) in [5.41, 5.74) is 0. The van der Waals surface area contributed by atoms with Crippen LogP contribution >= 0.6 is 0 Å². The van der Waals surface area contributed by atoms with Gasteiger partial charge in [-0.15, -0.1) is 0 Å². The first kappa shape index (κ1) is 13.8. The summed E-state index contributed by atoms with van der Waals surface area (Å²) in [5.74, 6) is 0.339. The summed E-state index contributed by atoms with van der Waals surface area (Å²) in [7, 11) is 0. The fourth-order valence-corrected chi connectivity index (χ4v) is 2.94. The predicted octanol–water partition coefficient (Wildman–Crippen LogP) is 1.07. The molecule has 1 atom stereocenters. The number of nitrogens with zero attached hydrogens (tertiary/aromatic N) is 2. The average Bonchev–Trinajstić information content (AvgIpc) is 2.28. The molecule has 18 heavy (non-hydrogen) atoms. The molecule has 1 N–H and O–H groups in total. The molecule has 0 spiro atoms. The average molecular weight is 253 g/mol. The maximum Gasteiger partial charge on any atom is 0.236 e. The van der Waals surface area contributed by atoms with Crippen molar-refractivity contribution in [1.29, 1.82) is 0 Å². The lowest BCUT2D eigenvalue weighted by Gasteiger charge is -2.33. The van der Waals surface area contributed by atoms with E-state index in [2.05, 4.69) is 22.0 Å². The largest absolute Gasteiger partial charge is 0.342 e. The van der Waals surface area contributed by atoms with Gasteiger partial charge in [0.2, 0.25) is 5.91 Å². The fraction of sp³-hybridized carbons (Fsp3) is 0.929. The van der Waals surface area contributed by atoms with Gasteiger partial charge in [-0.25, -0.2) is 0 Å². The molecule has 0 aliphatic carbocycles. The third-order valence-corrected chi connectivity index (χ3v) is 4.02.